The summed E-state index contributed by atoms with van der Waals surface area (Å²) in [6, 6.07) is 4.53. The van der Waals surface area contributed by atoms with Crippen molar-refractivity contribution in [1.82, 2.24) is 4.98 Å². The van der Waals surface area contributed by atoms with Gasteiger partial charge in [0, 0.05) is 0 Å². The van der Waals surface area contributed by atoms with E-state index in [1.54, 1.807) is 19.1 Å². The molecule has 0 bridgehead atoms. The number of hydrogen-bond acceptors (Lipinski definition) is 4. The smallest absolute Gasteiger partial charge is 0.267 e. The summed E-state index contributed by atoms with van der Waals surface area (Å²) >= 11 is 1.08. The SMILES string of the molecule is Cc1ccc(F)c(NC(=O)c2sc(N)nc2C)c1. The van der Waals surface area contributed by atoms with Gasteiger partial charge in [0.25, 0.3) is 5.91 Å². The molecule has 1 heterocycles. The molecular formula is C12H12FN3OS. The van der Waals surface area contributed by atoms with E-state index in [1.165, 1.54) is 6.07 Å². The van der Waals surface area contributed by atoms with Crippen molar-refractivity contribution in [3.05, 3.63) is 40.2 Å². The van der Waals surface area contributed by atoms with Crippen LogP contribution in [0.15, 0.2) is 18.2 Å². The van der Waals surface area contributed by atoms with Gasteiger partial charge in [-0.1, -0.05) is 17.4 Å². The van der Waals surface area contributed by atoms with Crippen LogP contribution in [0.4, 0.5) is 15.2 Å². The molecule has 1 amide bonds. The van der Waals surface area contributed by atoms with E-state index in [4.69, 9.17) is 5.73 Å². The van der Waals surface area contributed by atoms with Gasteiger partial charge in [-0.15, -0.1) is 0 Å². The Morgan fingerprint density at radius 3 is 2.78 bits per heavy atom. The summed E-state index contributed by atoms with van der Waals surface area (Å²) in [6.07, 6.45) is 0. The Morgan fingerprint density at radius 1 is 1.44 bits per heavy atom. The first kappa shape index (κ1) is 12.5. The summed E-state index contributed by atoms with van der Waals surface area (Å²) in [5.41, 5.74) is 7.09. The molecular weight excluding hydrogens is 253 g/mol. The Kier molecular flexibility index (Phi) is 3.29. The third-order valence-corrected chi connectivity index (χ3v) is 3.37. The van der Waals surface area contributed by atoms with Crippen molar-refractivity contribution < 1.29 is 9.18 Å². The van der Waals surface area contributed by atoms with Gasteiger partial charge in [0.15, 0.2) is 5.13 Å². The zero-order chi connectivity index (χ0) is 13.3. The molecule has 6 heteroatoms. The number of hydrogen-bond donors (Lipinski definition) is 2. The molecule has 4 nitrogen and oxygen atoms in total. The molecule has 2 aromatic rings. The van der Waals surface area contributed by atoms with E-state index in [0.29, 0.717) is 15.7 Å². The molecule has 0 radical (unpaired) electrons. The summed E-state index contributed by atoms with van der Waals surface area (Å²) in [5.74, 6) is -0.865. The van der Waals surface area contributed by atoms with E-state index in [9.17, 15) is 9.18 Å². The van der Waals surface area contributed by atoms with E-state index in [2.05, 4.69) is 10.3 Å². The molecule has 0 aliphatic carbocycles. The number of nitrogens with zero attached hydrogens (tertiary/aromatic N) is 1. The highest BCUT2D eigenvalue weighted by atomic mass is 32.1. The number of amides is 1. The van der Waals surface area contributed by atoms with Crippen LogP contribution in [-0.2, 0) is 0 Å². The first-order valence-electron chi connectivity index (χ1n) is 5.28. The number of anilines is 2. The van der Waals surface area contributed by atoms with Crippen LogP contribution in [0.1, 0.15) is 20.9 Å². The second-order valence-corrected chi connectivity index (χ2v) is 4.93. The highest BCUT2D eigenvalue weighted by molar-refractivity contribution is 7.17. The van der Waals surface area contributed by atoms with E-state index >= 15 is 0 Å². The quantitative estimate of drug-likeness (QED) is 0.877. The number of carbonyl (C=O) groups is 1. The molecule has 3 N–H and O–H groups in total. The average Bonchev–Trinajstić information content (AvgIpc) is 2.63. The van der Waals surface area contributed by atoms with Crippen molar-refractivity contribution in [2.75, 3.05) is 11.1 Å². The maximum absolute atomic E-state index is 13.5. The largest absolute Gasteiger partial charge is 0.375 e. The van der Waals surface area contributed by atoms with Gasteiger partial charge in [-0.2, -0.15) is 0 Å². The van der Waals surface area contributed by atoms with Crippen LogP contribution < -0.4 is 11.1 Å². The number of thiazole rings is 1. The fourth-order valence-corrected chi connectivity index (χ4v) is 2.27. The van der Waals surface area contributed by atoms with Crippen molar-refractivity contribution in [3.63, 3.8) is 0 Å². The predicted octanol–water partition coefficient (Wildman–Crippen LogP) is 2.73. The molecule has 0 atom stereocenters. The number of aromatic nitrogens is 1. The molecule has 94 valence electrons. The Bertz CT molecular complexity index is 609. The molecule has 1 aromatic heterocycles. The highest BCUT2D eigenvalue weighted by Gasteiger charge is 2.15. The van der Waals surface area contributed by atoms with Crippen molar-refractivity contribution in [2.24, 2.45) is 0 Å². The molecule has 1 aromatic carbocycles. The van der Waals surface area contributed by atoms with Gasteiger partial charge >= 0.3 is 0 Å². The van der Waals surface area contributed by atoms with E-state index < -0.39 is 11.7 Å². The van der Waals surface area contributed by atoms with E-state index in [0.717, 1.165) is 16.9 Å². The topological polar surface area (TPSA) is 68.0 Å². The van der Waals surface area contributed by atoms with Gasteiger partial charge in [-0.3, -0.25) is 4.79 Å². The average molecular weight is 265 g/mol. The molecule has 2 rings (SSSR count). The third kappa shape index (κ3) is 2.48. The standard InChI is InChI=1S/C12H12FN3OS/c1-6-3-4-8(13)9(5-6)16-11(17)10-7(2)15-12(14)18-10/h3-5H,1-2H3,(H2,14,15)(H,16,17). The fraction of sp³-hybridized carbons (Fsp3) is 0.167. The third-order valence-electron chi connectivity index (χ3n) is 2.39. The number of nitrogen functional groups attached to an aromatic ring is 1. The molecule has 0 aliphatic rings. The summed E-state index contributed by atoms with van der Waals surface area (Å²) in [7, 11) is 0. The van der Waals surface area contributed by atoms with Crippen LogP contribution in [0.5, 0.6) is 0 Å². The number of carbonyl (C=O) groups excluding carboxylic acids is 1. The Balaban J connectivity index is 2.26. The summed E-state index contributed by atoms with van der Waals surface area (Å²) < 4.78 is 13.5. The Labute approximate surface area is 108 Å². The lowest BCUT2D eigenvalue weighted by Crippen LogP contribution is -2.12. The number of aryl methyl sites for hydroxylation is 2. The van der Waals surface area contributed by atoms with Crippen LogP contribution in [0.3, 0.4) is 0 Å². The minimum absolute atomic E-state index is 0.159. The predicted molar refractivity (Wildman–Crippen MR) is 70.4 cm³/mol. The zero-order valence-corrected chi connectivity index (χ0v) is 10.8. The van der Waals surface area contributed by atoms with Gasteiger partial charge in [0.1, 0.15) is 10.7 Å². The second kappa shape index (κ2) is 4.73. The monoisotopic (exact) mass is 265 g/mol. The second-order valence-electron chi connectivity index (χ2n) is 3.90. The van der Waals surface area contributed by atoms with E-state index in [-0.39, 0.29) is 5.69 Å². The number of benzene rings is 1. The molecule has 0 saturated heterocycles. The van der Waals surface area contributed by atoms with Crippen molar-refractivity contribution >= 4 is 28.1 Å². The van der Waals surface area contributed by atoms with Gasteiger partial charge in [-0.05, 0) is 31.5 Å². The van der Waals surface area contributed by atoms with Gasteiger partial charge in [0.2, 0.25) is 0 Å². The first-order chi connectivity index (χ1) is 8.47. The number of halogens is 1. The molecule has 0 spiro atoms. The summed E-state index contributed by atoms with van der Waals surface area (Å²) in [4.78, 5) is 16.3. The van der Waals surface area contributed by atoms with Crippen molar-refractivity contribution in [2.45, 2.75) is 13.8 Å². The lowest BCUT2D eigenvalue weighted by Gasteiger charge is -2.06. The number of nitrogens with two attached hydrogens (primary N) is 1. The molecule has 0 fully saturated rings. The molecule has 0 saturated carbocycles. The molecule has 0 aliphatic heterocycles. The molecule has 0 unspecified atom stereocenters. The maximum atomic E-state index is 13.5. The fourth-order valence-electron chi connectivity index (χ4n) is 1.54. The van der Waals surface area contributed by atoms with Crippen LogP contribution >= 0.6 is 11.3 Å². The van der Waals surface area contributed by atoms with Crippen molar-refractivity contribution in [3.8, 4) is 0 Å². The number of nitrogens with one attached hydrogen (secondary N) is 1. The zero-order valence-electron chi connectivity index (χ0n) is 9.95. The van der Waals surface area contributed by atoms with Crippen LogP contribution in [0.2, 0.25) is 0 Å². The highest BCUT2D eigenvalue weighted by Crippen LogP contribution is 2.22. The molecule has 18 heavy (non-hydrogen) atoms. The van der Waals surface area contributed by atoms with Gasteiger partial charge in [0.05, 0.1) is 11.4 Å². The van der Waals surface area contributed by atoms with Crippen LogP contribution in [0, 0.1) is 19.7 Å². The maximum Gasteiger partial charge on any atom is 0.267 e. The number of rotatable bonds is 2. The van der Waals surface area contributed by atoms with Gasteiger partial charge < -0.3 is 11.1 Å². The Morgan fingerprint density at radius 2 is 2.17 bits per heavy atom. The summed E-state index contributed by atoms with van der Waals surface area (Å²) in [6.45, 7) is 3.51. The first-order valence-corrected chi connectivity index (χ1v) is 6.09. The Hall–Kier alpha value is -1.95. The minimum Gasteiger partial charge on any atom is -0.375 e. The van der Waals surface area contributed by atoms with Gasteiger partial charge in [-0.25, -0.2) is 9.37 Å². The summed E-state index contributed by atoms with van der Waals surface area (Å²) in [5, 5.41) is 2.84. The lowest BCUT2D eigenvalue weighted by atomic mass is 10.2. The van der Waals surface area contributed by atoms with Crippen molar-refractivity contribution in [1.29, 1.82) is 0 Å². The normalized spacial score (nSPS) is 10.4. The van der Waals surface area contributed by atoms with Crippen LogP contribution in [0.25, 0.3) is 0 Å². The van der Waals surface area contributed by atoms with Crippen LogP contribution in [-0.4, -0.2) is 10.9 Å². The minimum atomic E-state index is -0.468. The van der Waals surface area contributed by atoms with E-state index in [1.807, 2.05) is 6.92 Å². The lowest BCUT2D eigenvalue weighted by molar-refractivity contribution is 0.102.